The van der Waals surface area contributed by atoms with Gasteiger partial charge in [0.1, 0.15) is 5.75 Å². The lowest BCUT2D eigenvalue weighted by molar-refractivity contribution is -0.139. The minimum absolute atomic E-state index is 0.126. The van der Waals surface area contributed by atoms with Gasteiger partial charge in [-0.1, -0.05) is 41.9 Å². The summed E-state index contributed by atoms with van der Waals surface area (Å²) < 4.78 is 5.15. The van der Waals surface area contributed by atoms with Crippen LogP contribution in [0.4, 0.5) is 0 Å². The molecule has 0 radical (unpaired) electrons. The van der Waals surface area contributed by atoms with Gasteiger partial charge in [-0.05, 0) is 23.3 Å². The number of fused-ring (bicyclic) bond motifs is 1. The molecule has 1 heterocycles. The molecule has 3 rings (SSSR count). The highest BCUT2D eigenvalue weighted by Crippen LogP contribution is 2.34. The molecular formula is C17H14ClNO4. The highest BCUT2D eigenvalue weighted by molar-refractivity contribution is 6.34. The van der Waals surface area contributed by atoms with Crippen molar-refractivity contribution >= 4 is 23.5 Å². The molecule has 23 heavy (non-hydrogen) atoms. The first-order chi connectivity index (χ1) is 11.0. The third kappa shape index (κ3) is 3.29. The van der Waals surface area contributed by atoms with Crippen LogP contribution in [-0.4, -0.2) is 28.5 Å². The van der Waals surface area contributed by atoms with Crippen LogP contribution < -0.4 is 4.74 Å². The summed E-state index contributed by atoms with van der Waals surface area (Å²) >= 11 is 6.18. The average Bonchev–Trinajstić information content (AvgIpc) is 2.83. The number of hydrogen-bond acceptors (Lipinski definition) is 3. The van der Waals surface area contributed by atoms with Crippen LogP contribution in [0.2, 0.25) is 5.02 Å². The number of nitrogens with zero attached hydrogens (tertiary/aromatic N) is 1. The first kappa shape index (κ1) is 15.4. The molecule has 0 unspecified atom stereocenters. The molecule has 0 atom stereocenters. The Balaban J connectivity index is 1.81. The van der Waals surface area contributed by atoms with Crippen LogP contribution in [0.5, 0.6) is 5.75 Å². The summed E-state index contributed by atoms with van der Waals surface area (Å²) in [6.45, 7) is 0.472. The Labute approximate surface area is 138 Å². The maximum absolute atomic E-state index is 12.5. The zero-order chi connectivity index (χ0) is 16.4. The Hall–Kier alpha value is -2.53. The summed E-state index contributed by atoms with van der Waals surface area (Å²) in [5, 5.41) is 8.95. The van der Waals surface area contributed by atoms with E-state index < -0.39 is 12.6 Å². The number of amides is 1. The van der Waals surface area contributed by atoms with E-state index in [-0.39, 0.29) is 10.9 Å². The minimum Gasteiger partial charge on any atom is -0.482 e. The van der Waals surface area contributed by atoms with E-state index in [0.717, 1.165) is 11.1 Å². The van der Waals surface area contributed by atoms with Gasteiger partial charge in [0.05, 0.1) is 10.6 Å². The second-order valence-corrected chi connectivity index (χ2v) is 5.68. The number of aliphatic carboxylic acids is 1. The average molecular weight is 332 g/mol. The smallest absolute Gasteiger partial charge is 0.341 e. The van der Waals surface area contributed by atoms with Gasteiger partial charge < -0.3 is 14.7 Å². The van der Waals surface area contributed by atoms with Crippen molar-refractivity contribution in [1.82, 2.24) is 4.90 Å². The maximum atomic E-state index is 12.5. The van der Waals surface area contributed by atoms with Crippen molar-refractivity contribution in [2.45, 2.75) is 13.1 Å². The number of carboxylic acid groups (broad SMARTS) is 1. The number of hydrogen-bond donors (Lipinski definition) is 1. The van der Waals surface area contributed by atoms with E-state index in [1.165, 1.54) is 6.07 Å². The third-order valence-electron chi connectivity index (χ3n) is 3.59. The molecule has 5 nitrogen and oxygen atoms in total. The fourth-order valence-electron chi connectivity index (χ4n) is 2.60. The fourth-order valence-corrected chi connectivity index (χ4v) is 2.91. The summed E-state index contributed by atoms with van der Waals surface area (Å²) in [7, 11) is 0. The summed E-state index contributed by atoms with van der Waals surface area (Å²) in [6.07, 6.45) is 0. The molecule has 6 heteroatoms. The molecule has 0 saturated heterocycles. The molecule has 1 aliphatic rings. The molecule has 1 N–H and O–H groups in total. The topological polar surface area (TPSA) is 66.8 Å². The molecular weight excluding hydrogens is 318 g/mol. The van der Waals surface area contributed by atoms with Crippen molar-refractivity contribution in [2.75, 3.05) is 6.61 Å². The zero-order valence-electron chi connectivity index (χ0n) is 12.2. The molecule has 0 aromatic heterocycles. The zero-order valence-corrected chi connectivity index (χ0v) is 12.9. The second-order valence-electron chi connectivity index (χ2n) is 5.27. The summed E-state index contributed by atoms with van der Waals surface area (Å²) in [4.78, 5) is 24.8. The lowest BCUT2D eigenvalue weighted by Gasteiger charge is -2.15. The molecule has 0 spiro atoms. The van der Waals surface area contributed by atoms with Gasteiger partial charge >= 0.3 is 5.97 Å². The van der Waals surface area contributed by atoms with Crippen LogP contribution in [0.25, 0.3) is 0 Å². The Morgan fingerprint density at radius 3 is 2.70 bits per heavy atom. The van der Waals surface area contributed by atoms with Gasteiger partial charge in [-0.25, -0.2) is 4.79 Å². The van der Waals surface area contributed by atoms with Crippen molar-refractivity contribution in [3.63, 3.8) is 0 Å². The van der Waals surface area contributed by atoms with E-state index >= 15 is 0 Å². The van der Waals surface area contributed by atoms with Crippen LogP contribution in [0.15, 0.2) is 42.5 Å². The van der Waals surface area contributed by atoms with Crippen LogP contribution >= 0.6 is 11.6 Å². The third-order valence-corrected chi connectivity index (χ3v) is 3.88. The van der Waals surface area contributed by atoms with Crippen molar-refractivity contribution in [3.05, 3.63) is 64.2 Å². The van der Waals surface area contributed by atoms with Crippen molar-refractivity contribution in [2.24, 2.45) is 0 Å². The molecule has 2 aromatic carbocycles. The highest BCUT2D eigenvalue weighted by atomic mass is 35.5. The maximum Gasteiger partial charge on any atom is 0.341 e. The van der Waals surface area contributed by atoms with E-state index in [1.807, 2.05) is 30.3 Å². The van der Waals surface area contributed by atoms with Gasteiger partial charge in [0.2, 0.25) is 0 Å². The molecule has 0 aliphatic carbocycles. The van der Waals surface area contributed by atoms with E-state index in [2.05, 4.69) is 0 Å². The number of halogens is 1. The van der Waals surface area contributed by atoms with Gasteiger partial charge in [0.25, 0.3) is 5.91 Å². The highest BCUT2D eigenvalue weighted by Gasteiger charge is 2.30. The van der Waals surface area contributed by atoms with Crippen LogP contribution in [-0.2, 0) is 17.9 Å². The number of carboxylic acids is 1. The van der Waals surface area contributed by atoms with Gasteiger partial charge in [-0.2, -0.15) is 0 Å². The standard InChI is InChI=1S/C17H14ClNO4/c18-14-7-13(23-10-15(20)21)6-12-9-19(17(22)16(12)14)8-11-4-2-1-3-5-11/h1-7H,8-10H2,(H,20,21). The quantitative estimate of drug-likeness (QED) is 0.914. The van der Waals surface area contributed by atoms with Crippen LogP contribution in [0.3, 0.4) is 0 Å². The largest absolute Gasteiger partial charge is 0.482 e. The lowest BCUT2D eigenvalue weighted by atomic mass is 10.1. The Bertz CT molecular complexity index is 761. The minimum atomic E-state index is -1.07. The summed E-state index contributed by atoms with van der Waals surface area (Å²) in [5.41, 5.74) is 2.25. The molecule has 0 fully saturated rings. The van der Waals surface area contributed by atoms with E-state index in [1.54, 1.807) is 11.0 Å². The summed E-state index contributed by atoms with van der Waals surface area (Å²) in [5.74, 6) is -0.840. The molecule has 0 bridgehead atoms. The first-order valence-corrected chi connectivity index (χ1v) is 7.42. The first-order valence-electron chi connectivity index (χ1n) is 7.05. The number of benzene rings is 2. The number of rotatable bonds is 5. The normalized spacial score (nSPS) is 13.1. The molecule has 0 saturated carbocycles. The lowest BCUT2D eigenvalue weighted by Crippen LogP contribution is -2.23. The Kier molecular flexibility index (Phi) is 4.21. The van der Waals surface area contributed by atoms with E-state index in [0.29, 0.717) is 24.4 Å². The Morgan fingerprint density at radius 1 is 1.26 bits per heavy atom. The number of ether oxygens (including phenoxy) is 1. The molecule has 118 valence electrons. The van der Waals surface area contributed by atoms with E-state index in [4.69, 9.17) is 21.4 Å². The molecule has 1 amide bonds. The van der Waals surface area contributed by atoms with Gasteiger partial charge in [0.15, 0.2) is 6.61 Å². The monoisotopic (exact) mass is 331 g/mol. The Morgan fingerprint density at radius 2 is 2.00 bits per heavy atom. The van der Waals surface area contributed by atoms with Gasteiger partial charge in [-0.15, -0.1) is 0 Å². The predicted octanol–water partition coefficient (Wildman–Crippen LogP) is 2.96. The van der Waals surface area contributed by atoms with Crippen molar-refractivity contribution in [1.29, 1.82) is 0 Å². The number of carbonyl (C=O) groups excluding carboxylic acids is 1. The fraction of sp³-hybridized carbons (Fsp3) is 0.176. The second kappa shape index (κ2) is 6.30. The van der Waals surface area contributed by atoms with E-state index in [9.17, 15) is 9.59 Å². The number of carbonyl (C=O) groups is 2. The molecule has 1 aliphatic heterocycles. The predicted molar refractivity (Wildman–Crippen MR) is 84.6 cm³/mol. The SMILES string of the molecule is O=C(O)COc1cc(Cl)c2c(c1)CN(Cc1ccccc1)C2=O. The molecule has 2 aromatic rings. The van der Waals surface area contributed by atoms with Crippen LogP contribution in [0, 0.1) is 0 Å². The van der Waals surface area contributed by atoms with Crippen molar-refractivity contribution < 1.29 is 19.4 Å². The van der Waals surface area contributed by atoms with Gasteiger partial charge in [-0.3, -0.25) is 4.79 Å². The van der Waals surface area contributed by atoms with Crippen molar-refractivity contribution in [3.8, 4) is 5.75 Å². The summed E-state index contributed by atoms with van der Waals surface area (Å²) in [6, 6.07) is 12.8. The van der Waals surface area contributed by atoms with Crippen LogP contribution in [0.1, 0.15) is 21.5 Å². The van der Waals surface area contributed by atoms with Gasteiger partial charge in [0, 0.05) is 13.1 Å².